The molecule has 0 bridgehead atoms. The largest absolute Gasteiger partial charge is 0.464 e. The van der Waals surface area contributed by atoms with Crippen LogP contribution in [-0.2, 0) is 28.2 Å². The van der Waals surface area contributed by atoms with Gasteiger partial charge in [-0.05, 0) is 30.2 Å². The number of nitrogens with zero attached hydrogens (tertiary/aromatic N) is 1. The molecule has 0 saturated carbocycles. The van der Waals surface area contributed by atoms with E-state index < -0.39 is 16.0 Å². The average Bonchev–Trinajstić information content (AvgIpc) is 3.02. The van der Waals surface area contributed by atoms with E-state index in [1.807, 2.05) is 18.2 Å². The van der Waals surface area contributed by atoms with Crippen molar-refractivity contribution in [2.75, 3.05) is 20.2 Å². The minimum absolute atomic E-state index is 0.0412. The molecular formula is C17H21N3O4S. The number of carbonyl (C=O) groups excluding carboxylic acids is 1. The Morgan fingerprint density at radius 3 is 2.92 bits per heavy atom. The molecule has 7 nitrogen and oxygen atoms in total. The second-order valence-electron chi connectivity index (χ2n) is 5.97. The Labute approximate surface area is 147 Å². The van der Waals surface area contributed by atoms with Gasteiger partial charge in [-0.2, -0.15) is 0 Å². The fourth-order valence-corrected chi connectivity index (χ4v) is 4.16. The number of benzene rings is 1. The summed E-state index contributed by atoms with van der Waals surface area (Å²) in [7, 11) is -0.865. The third-order valence-corrected chi connectivity index (χ3v) is 5.77. The molecule has 8 heteroatoms. The van der Waals surface area contributed by atoms with Crippen molar-refractivity contribution in [3.8, 4) is 0 Å². The Balaban J connectivity index is 1.76. The summed E-state index contributed by atoms with van der Waals surface area (Å²) in [5.41, 5.74) is 2.53. The van der Waals surface area contributed by atoms with E-state index >= 15 is 0 Å². The molecule has 0 aliphatic carbocycles. The van der Waals surface area contributed by atoms with E-state index in [1.54, 1.807) is 7.05 Å². The van der Waals surface area contributed by atoms with Crippen molar-refractivity contribution in [1.82, 2.24) is 14.6 Å². The van der Waals surface area contributed by atoms with Crippen LogP contribution in [0.25, 0.3) is 0 Å². The lowest BCUT2D eigenvalue weighted by Gasteiger charge is -2.27. The molecule has 1 unspecified atom stereocenters. The maximum atomic E-state index is 12.6. The molecule has 0 amide bonds. The lowest BCUT2D eigenvalue weighted by Crippen LogP contribution is -2.38. The molecule has 0 fully saturated rings. The van der Waals surface area contributed by atoms with Gasteiger partial charge in [-0.1, -0.05) is 24.3 Å². The highest BCUT2D eigenvalue weighted by Gasteiger charge is 2.24. The summed E-state index contributed by atoms with van der Waals surface area (Å²) < 4.78 is 33.8. The van der Waals surface area contributed by atoms with Crippen LogP contribution in [0.2, 0.25) is 0 Å². The Kier molecular flexibility index (Phi) is 4.94. The Morgan fingerprint density at radius 1 is 1.40 bits per heavy atom. The van der Waals surface area contributed by atoms with Gasteiger partial charge >= 0.3 is 5.97 Å². The molecule has 1 aromatic heterocycles. The topological polar surface area (TPSA) is 89.4 Å². The van der Waals surface area contributed by atoms with Gasteiger partial charge in [0.05, 0.1) is 7.11 Å². The number of esters is 1. The van der Waals surface area contributed by atoms with Crippen molar-refractivity contribution in [1.29, 1.82) is 0 Å². The number of ether oxygens (including phenoxy) is 1. The molecule has 1 aliphatic rings. The van der Waals surface area contributed by atoms with Gasteiger partial charge in [-0.3, -0.25) is 0 Å². The number of nitrogens with one attached hydrogen (secondary N) is 2. The van der Waals surface area contributed by atoms with E-state index in [9.17, 15) is 13.2 Å². The number of rotatable bonds is 5. The second-order valence-corrected chi connectivity index (χ2v) is 7.74. The number of hydrogen-bond acceptors (Lipinski definition) is 5. The van der Waals surface area contributed by atoms with E-state index in [0.717, 1.165) is 18.5 Å². The van der Waals surface area contributed by atoms with Crippen LogP contribution in [0.15, 0.2) is 41.4 Å². The zero-order valence-electron chi connectivity index (χ0n) is 14.2. The average molecular weight is 363 g/mol. The van der Waals surface area contributed by atoms with Crippen LogP contribution in [0.3, 0.4) is 0 Å². The zero-order chi connectivity index (χ0) is 18.0. The molecule has 134 valence electrons. The number of methoxy groups -OCH3 is 1. The number of hydrogen-bond donors (Lipinski definition) is 2. The molecule has 2 aromatic rings. The van der Waals surface area contributed by atoms with Crippen LogP contribution in [0, 0.1) is 0 Å². The molecule has 3 rings (SSSR count). The maximum Gasteiger partial charge on any atom is 0.354 e. The first-order valence-corrected chi connectivity index (χ1v) is 9.46. The minimum Gasteiger partial charge on any atom is -0.464 e. The second kappa shape index (κ2) is 6.99. The predicted molar refractivity (Wildman–Crippen MR) is 92.8 cm³/mol. The summed E-state index contributed by atoms with van der Waals surface area (Å²) in [5, 5.41) is 3.34. The van der Waals surface area contributed by atoms with Crippen LogP contribution in [0.5, 0.6) is 0 Å². The van der Waals surface area contributed by atoms with E-state index in [1.165, 1.54) is 29.5 Å². The fourth-order valence-electron chi connectivity index (χ4n) is 3.04. The van der Waals surface area contributed by atoms with Crippen LogP contribution < -0.4 is 10.0 Å². The molecule has 2 N–H and O–H groups in total. The van der Waals surface area contributed by atoms with E-state index in [0.29, 0.717) is 0 Å². The van der Waals surface area contributed by atoms with Crippen molar-refractivity contribution in [3.63, 3.8) is 0 Å². The Bertz CT molecular complexity index is 889. The van der Waals surface area contributed by atoms with Gasteiger partial charge in [-0.15, -0.1) is 0 Å². The first-order chi connectivity index (χ1) is 11.9. The highest BCUT2D eigenvalue weighted by molar-refractivity contribution is 7.89. The fraction of sp³-hybridized carbons (Fsp3) is 0.353. The van der Waals surface area contributed by atoms with Crippen LogP contribution in [0.4, 0.5) is 0 Å². The van der Waals surface area contributed by atoms with Gasteiger partial charge in [0.1, 0.15) is 10.6 Å². The Hall–Kier alpha value is -2.16. The van der Waals surface area contributed by atoms with Crippen molar-refractivity contribution in [3.05, 3.63) is 53.3 Å². The molecule has 0 saturated heterocycles. The number of carbonyl (C=O) groups is 1. The van der Waals surface area contributed by atoms with Crippen LogP contribution in [-0.4, -0.2) is 39.2 Å². The first kappa shape index (κ1) is 17.7. The lowest BCUT2D eigenvalue weighted by molar-refractivity contribution is 0.0590. The first-order valence-electron chi connectivity index (χ1n) is 7.98. The van der Waals surface area contributed by atoms with E-state index in [4.69, 9.17) is 0 Å². The van der Waals surface area contributed by atoms with Crippen molar-refractivity contribution >= 4 is 16.0 Å². The van der Waals surface area contributed by atoms with E-state index in [2.05, 4.69) is 20.8 Å². The number of aromatic nitrogens is 1. The standard InChI is InChI=1S/C17H21N3O4S/c1-20-11-13(9-16(20)17(21)24-2)25(22,23)19-10-15-14-6-4-3-5-12(14)7-8-18-15/h3-6,9,11,15,18-19H,7-8,10H2,1-2H3. The monoisotopic (exact) mass is 363 g/mol. The summed E-state index contributed by atoms with van der Waals surface area (Å²) in [4.78, 5) is 11.7. The molecular weight excluding hydrogens is 342 g/mol. The minimum atomic E-state index is -3.72. The highest BCUT2D eigenvalue weighted by Crippen LogP contribution is 2.22. The van der Waals surface area contributed by atoms with Gasteiger partial charge in [-0.25, -0.2) is 17.9 Å². The van der Waals surface area contributed by atoms with Crippen LogP contribution >= 0.6 is 0 Å². The summed E-state index contributed by atoms with van der Waals surface area (Å²) in [6.07, 6.45) is 2.33. The molecule has 0 radical (unpaired) electrons. The van der Waals surface area contributed by atoms with Crippen molar-refractivity contribution in [2.24, 2.45) is 7.05 Å². The van der Waals surface area contributed by atoms with Gasteiger partial charge < -0.3 is 14.6 Å². The normalized spacial score (nSPS) is 17.1. The smallest absolute Gasteiger partial charge is 0.354 e. The summed E-state index contributed by atoms with van der Waals surface area (Å²) in [6, 6.07) is 9.26. The SMILES string of the molecule is COC(=O)c1cc(S(=O)(=O)NCC2NCCc3ccccc32)cn1C. The molecule has 1 aromatic carbocycles. The van der Waals surface area contributed by atoms with Crippen molar-refractivity contribution < 1.29 is 17.9 Å². The zero-order valence-corrected chi connectivity index (χ0v) is 15.0. The molecule has 0 spiro atoms. The number of fused-ring (bicyclic) bond motifs is 1. The van der Waals surface area contributed by atoms with Crippen molar-refractivity contribution in [2.45, 2.75) is 17.4 Å². The molecule has 25 heavy (non-hydrogen) atoms. The third-order valence-electron chi connectivity index (χ3n) is 4.38. The van der Waals surface area contributed by atoms with Gasteiger partial charge in [0, 0.05) is 25.8 Å². The van der Waals surface area contributed by atoms with E-state index in [-0.39, 0.29) is 23.2 Å². The van der Waals surface area contributed by atoms with Gasteiger partial charge in [0.15, 0.2) is 0 Å². The highest BCUT2D eigenvalue weighted by atomic mass is 32.2. The van der Waals surface area contributed by atoms with Gasteiger partial charge in [0.25, 0.3) is 0 Å². The maximum absolute atomic E-state index is 12.6. The predicted octanol–water partition coefficient (Wildman–Crippen LogP) is 0.977. The third kappa shape index (κ3) is 3.60. The lowest BCUT2D eigenvalue weighted by atomic mass is 9.95. The van der Waals surface area contributed by atoms with Crippen LogP contribution in [0.1, 0.15) is 27.7 Å². The summed E-state index contributed by atoms with van der Waals surface area (Å²) in [5.74, 6) is -0.577. The number of aryl methyl sites for hydroxylation is 1. The Morgan fingerprint density at radius 2 is 2.16 bits per heavy atom. The number of sulfonamides is 1. The summed E-state index contributed by atoms with van der Waals surface area (Å²) >= 11 is 0. The summed E-state index contributed by atoms with van der Waals surface area (Å²) in [6.45, 7) is 1.04. The molecule has 2 heterocycles. The quantitative estimate of drug-likeness (QED) is 0.773. The van der Waals surface area contributed by atoms with Gasteiger partial charge in [0.2, 0.25) is 10.0 Å². The molecule has 1 atom stereocenters. The molecule has 1 aliphatic heterocycles.